The molecular formula is C17H15F2IN2O2. The van der Waals surface area contributed by atoms with Crippen molar-refractivity contribution < 1.29 is 18.4 Å². The Balaban J connectivity index is 2.01. The number of nitrogens with two attached hydrogens (primary N) is 1. The van der Waals surface area contributed by atoms with Crippen LogP contribution in [-0.4, -0.2) is 17.9 Å². The maximum Gasteiger partial charge on any atom is 0.240 e. The lowest BCUT2D eigenvalue weighted by atomic mass is 10.0. The van der Waals surface area contributed by atoms with Crippen LogP contribution in [0.4, 0.5) is 8.78 Å². The summed E-state index contributed by atoms with van der Waals surface area (Å²) in [6.45, 7) is 0. The second-order valence-electron chi connectivity index (χ2n) is 5.28. The Bertz CT molecular complexity index is 751. The van der Waals surface area contributed by atoms with Crippen molar-refractivity contribution in [2.75, 3.05) is 0 Å². The Morgan fingerprint density at radius 2 is 1.67 bits per heavy atom. The summed E-state index contributed by atoms with van der Waals surface area (Å²) < 4.78 is 27.1. The van der Waals surface area contributed by atoms with Gasteiger partial charge in [0.25, 0.3) is 0 Å². The molecule has 24 heavy (non-hydrogen) atoms. The van der Waals surface area contributed by atoms with Gasteiger partial charge in [-0.15, -0.1) is 0 Å². The van der Waals surface area contributed by atoms with Gasteiger partial charge in [-0.2, -0.15) is 0 Å². The van der Waals surface area contributed by atoms with Gasteiger partial charge in [-0.3, -0.25) is 9.59 Å². The molecule has 2 rings (SSSR count). The van der Waals surface area contributed by atoms with Gasteiger partial charge in [0.2, 0.25) is 11.8 Å². The molecule has 0 fully saturated rings. The van der Waals surface area contributed by atoms with Crippen molar-refractivity contribution in [3.63, 3.8) is 0 Å². The number of nitrogens with one attached hydrogen (secondary N) is 1. The predicted molar refractivity (Wildman–Crippen MR) is 94.1 cm³/mol. The molecule has 0 bridgehead atoms. The van der Waals surface area contributed by atoms with E-state index in [4.69, 9.17) is 5.73 Å². The minimum Gasteiger partial charge on any atom is -0.368 e. The second kappa shape index (κ2) is 8.18. The number of benzene rings is 2. The van der Waals surface area contributed by atoms with Gasteiger partial charge < -0.3 is 11.1 Å². The maximum atomic E-state index is 13.2. The van der Waals surface area contributed by atoms with Crippen molar-refractivity contribution in [3.05, 3.63) is 68.8 Å². The van der Waals surface area contributed by atoms with E-state index in [9.17, 15) is 18.4 Å². The molecular weight excluding hydrogens is 429 g/mol. The molecule has 0 saturated carbocycles. The smallest absolute Gasteiger partial charge is 0.240 e. The Morgan fingerprint density at radius 3 is 2.25 bits per heavy atom. The third-order valence-electron chi connectivity index (χ3n) is 3.38. The summed E-state index contributed by atoms with van der Waals surface area (Å²) in [7, 11) is 0. The number of hydrogen-bond acceptors (Lipinski definition) is 2. The SMILES string of the molecule is NC(=O)[C@H](Cc1ccc(I)cc1)NC(=O)Cc1ccc(F)c(F)c1. The standard InChI is InChI=1S/C17H15F2IN2O2/c18-13-6-3-11(7-14(13)19)9-16(23)22-15(17(21)24)8-10-1-4-12(20)5-2-10/h1-7,15H,8-9H2,(H2,21,24)(H,22,23)/t15-/m0/s1. The fourth-order valence-corrected chi connectivity index (χ4v) is 2.52. The number of carbonyl (C=O) groups excluding carboxylic acids is 2. The highest BCUT2D eigenvalue weighted by molar-refractivity contribution is 14.1. The number of halogens is 3. The van der Waals surface area contributed by atoms with Gasteiger partial charge in [0.15, 0.2) is 11.6 Å². The Morgan fingerprint density at radius 1 is 1.04 bits per heavy atom. The summed E-state index contributed by atoms with van der Waals surface area (Å²) >= 11 is 2.16. The molecule has 0 spiro atoms. The molecule has 126 valence electrons. The molecule has 0 heterocycles. The fourth-order valence-electron chi connectivity index (χ4n) is 2.16. The first-order valence-electron chi connectivity index (χ1n) is 7.12. The van der Waals surface area contributed by atoms with Gasteiger partial charge in [0.1, 0.15) is 6.04 Å². The van der Waals surface area contributed by atoms with Crippen LogP contribution >= 0.6 is 22.6 Å². The first kappa shape index (κ1) is 18.3. The lowest BCUT2D eigenvalue weighted by Gasteiger charge is -2.16. The fraction of sp³-hybridized carbons (Fsp3) is 0.176. The topological polar surface area (TPSA) is 72.2 Å². The molecule has 0 aliphatic heterocycles. The van der Waals surface area contributed by atoms with Crippen LogP contribution in [0.3, 0.4) is 0 Å². The minimum atomic E-state index is -1.02. The molecule has 2 aromatic carbocycles. The van der Waals surface area contributed by atoms with E-state index in [1.54, 1.807) is 0 Å². The van der Waals surface area contributed by atoms with E-state index in [2.05, 4.69) is 27.9 Å². The largest absolute Gasteiger partial charge is 0.368 e. The average Bonchev–Trinajstić information content (AvgIpc) is 2.52. The number of hydrogen-bond donors (Lipinski definition) is 2. The number of carbonyl (C=O) groups is 2. The summed E-state index contributed by atoms with van der Waals surface area (Å²) in [6, 6.07) is 9.81. The lowest BCUT2D eigenvalue weighted by Crippen LogP contribution is -2.46. The minimum absolute atomic E-state index is 0.173. The zero-order valence-corrected chi connectivity index (χ0v) is 14.7. The first-order valence-corrected chi connectivity index (χ1v) is 8.20. The normalized spacial score (nSPS) is 11.8. The quantitative estimate of drug-likeness (QED) is 0.672. The monoisotopic (exact) mass is 444 g/mol. The highest BCUT2D eigenvalue weighted by atomic mass is 127. The van der Waals surface area contributed by atoms with Crippen LogP contribution < -0.4 is 11.1 Å². The molecule has 7 heteroatoms. The predicted octanol–water partition coefficient (Wildman–Crippen LogP) is 2.32. The number of rotatable bonds is 6. The van der Waals surface area contributed by atoms with Crippen molar-refractivity contribution in [2.45, 2.75) is 18.9 Å². The summed E-state index contributed by atoms with van der Waals surface area (Å²) in [6.07, 6.45) is 0.0867. The molecule has 4 nitrogen and oxygen atoms in total. The van der Waals surface area contributed by atoms with Crippen molar-refractivity contribution >= 4 is 34.4 Å². The van der Waals surface area contributed by atoms with Gasteiger partial charge in [-0.05, 0) is 58.0 Å². The molecule has 0 aromatic heterocycles. The molecule has 0 unspecified atom stereocenters. The van der Waals surface area contributed by atoms with E-state index < -0.39 is 29.5 Å². The van der Waals surface area contributed by atoms with Gasteiger partial charge >= 0.3 is 0 Å². The molecule has 0 radical (unpaired) electrons. The van der Waals surface area contributed by atoms with Crippen LogP contribution in [0.5, 0.6) is 0 Å². The Hall–Kier alpha value is -2.03. The zero-order valence-electron chi connectivity index (χ0n) is 12.6. The van der Waals surface area contributed by atoms with E-state index in [0.717, 1.165) is 21.3 Å². The van der Waals surface area contributed by atoms with Crippen molar-refractivity contribution in [2.24, 2.45) is 5.73 Å². The Kier molecular flexibility index (Phi) is 6.24. The van der Waals surface area contributed by atoms with Crippen molar-refractivity contribution in [1.82, 2.24) is 5.32 Å². The molecule has 2 aromatic rings. The highest BCUT2D eigenvalue weighted by Gasteiger charge is 2.19. The van der Waals surface area contributed by atoms with Crippen LogP contribution in [0, 0.1) is 15.2 Å². The molecule has 3 N–H and O–H groups in total. The van der Waals surface area contributed by atoms with Crippen molar-refractivity contribution in [3.8, 4) is 0 Å². The summed E-state index contributed by atoms with van der Waals surface area (Å²) in [5, 5.41) is 2.53. The van der Waals surface area contributed by atoms with E-state index in [0.29, 0.717) is 5.56 Å². The van der Waals surface area contributed by atoms with E-state index >= 15 is 0 Å². The van der Waals surface area contributed by atoms with Crippen LogP contribution in [0.25, 0.3) is 0 Å². The number of amides is 2. The van der Waals surface area contributed by atoms with E-state index in [1.807, 2.05) is 24.3 Å². The van der Waals surface area contributed by atoms with Gasteiger partial charge in [0.05, 0.1) is 6.42 Å². The lowest BCUT2D eigenvalue weighted by molar-refractivity contribution is -0.127. The van der Waals surface area contributed by atoms with Gasteiger partial charge in [-0.1, -0.05) is 18.2 Å². The van der Waals surface area contributed by atoms with Crippen LogP contribution in [0.2, 0.25) is 0 Å². The summed E-state index contributed by atoms with van der Waals surface area (Å²) in [5.41, 5.74) is 6.50. The third kappa shape index (κ3) is 5.26. The highest BCUT2D eigenvalue weighted by Crippen LogP contribution is 2.11. The summed E-state index contributed by atoms with van der Waals surface area (Å²) in [5.74, 6) is -3.15. The van der Waals surface area contributed by atoms with E-state index in [-0.39, 0.29) is 12.8 Å². The molecule has 1 atom stereocenters. The maximum absolute atomic E-state index is 13.2. The van der Waals surface area contributed by atoms with Gasteiger partial charge in [0, 0.05) is 9.99 Å². The van der Waals surface area contributed by atoms with Crippen LogP contribution in [0.1, 0.15) is 11.1 Å². The van der Waals surface area contributed by atoms with Crippen LogP contribution in [-0.2, 0) is 22.4 Å². The molecule has 0 saturated heterocycles. The number of primary amides is 1. The molecule has 0 aliphatic rings. The molecule has 2 amide bonds. The third-order valence-corrected chi connectivity index (χ3v) is 4.10. The van der Waals surface area contributed by atoms with Crippen LogP contribution in [0.15, 0.2) is 42.5 Å². The first-order chi connectivity index (χ1) is 11.3. The average molecular weight is 444 g/mol. The zero-order chi connectivity index (χ0) is 17.7. The summed E-state index contributed by atoms with van der Waals surface area (Å²) in [4.78, 5) is 23.6. The Labute approximate surface area is 151 Å². The molecule has 0 aliphatic carbocycles. The van der Waals surface area contributed by atoms with E-state index in [1.165, 1.54) is 6.07 Å². The van der Waals surface area contributed by atoms with Gasteiger partial charge in [-0.25, -0.2) is 8.78 Å². The van der Waals surface area contributed by atoms with Crippen molar-refractivity contribution in [1.29, 1.82) is 0 Å². The second-order valence-corrected chi connectivity index (χ2v) is 6.52.